The van der Waals surface area contributed by atoms with Crippen LogP contribution in [0, 0.1) is 0 Å². The molecule has 1 atom stereocenters. The Kier molecular flexibility index (Phi) is 8.46. The minimum absolute atomic E-state index is 0.161. The van der Waals surface area contributed by atoms with E-state index < -0.39 is 18.0 Å². The number of thiazole rings is 1. The zero-order chi connectivity index (χ0) is 28.1. The molecular formula is C29H28N2O7S. The Morgan fingerprint density at radius 3 is 2.54 bits per heavy atom. The largest absolute Gasteiger partial charge is 0.493 e. The van der Waals surface area contributed by atoms with E-state index >= 15 is 0 Å². The molecule has 0 spiro atoms. The summed E-state index contributed by atoms with van der Waals surface area (Å²) in [5.74, 6) is 0.115. The maximum atomic E-state index is 13.8. The van der Waals surface area contributed by atoms with Gasteiger partial charge in [0.15, 0.2) is 16.3 Å². The summed E-state index contributed by atoms with van der Waals surface area (Å²) in [6.07, 6.45) is 3.43. The van der Waals surface area contributed by atoms with Crippen molar-refractivity contribution in [3.63, 3.8) is 0 Å². The number of nitrogens with zero attached hydrogens (tertiary/aromatic N) is 2. The summed E-state index contributed by atoms with van der Waals surface area (Å²) in [4.78, 5) is 43.4. The first-order chi connectivity index (χ1) is 18.8. The van der Waals surface area contributed by atoms with E-state index in [9.17, 15) is 14.4 Å². The smallest absolute Gasteiger partial charge is 0.338 e. The number of aromatic nitrogens is 1. The van der Waals surface area contributed by atoms with Crippen LogP contribution in [0.1, 0.15) is 37.9 Å². The molecule has 3 aromatic rings. The Morgan fingerprint density at radius 1 is 1.15 bits per heavy atom. The number of esters is 2. The van der Waals surface area contributed by atoms with Gasteiger partial charge in [-0.3, -0.25) is 14.2 Å². The van der Waals surface area contributed by atoms with Gasteiger partial charge in [-0.1, -0.05) is 42.2 Å². The lowest BCUT2D eigenvalue weighted by molar-refractivity contribution is -0.139. The molecule has 1 aromatic heterocycles. The molecule has 2 heterocycles. The summed E-state index contributed by atoms with van der Waals surface area (Å²) in [6.45, 7) is 8.91. The second kappa shape index (κ2) is 12.0. The van der Waals surface area contributed by atoms with E-state index in [1.54, 1.807) is 44.2 Å². The van der Waals surface area contributed by atoms with Gasteiger partial charge >= 0.3 is 11.9 Å². The summed E-state index contributed by atoms with van der Waals surface area (Å²) >= 11 is 1.22. The monoisotopic (exact) mass is 548 g/mol. The van der Waals surface area contributed by atoms with E-state index in [1.165, 1.54) is 29.9 Å². The average molecular weight is 549 g/mol. The van der Waals surface area contributed by atoms with Crippen molar-refractivity contribution in [2.75, 3.05) is 20.3 Å². The zero-order valence-corrected chi connectivity index (χ0v) is 22.9. The van der Waals surface area contributed by atoms with Crippen LogP contribution in [0.3, 0.4) is 0 Å². The van der Waals surface area contributed by atoms with Crippen LogP contribution in [0.2, 0.25) is 0 Å². The van der Waals surface area contributed by atoms with Gasteiger partial charge in [-0.05, 0) is 55.3 Å². The molecular weight excluding hydrogens is 520 g/mol. The van der Waals surface area contributed by atoms with Gasteiger partial charge in [0.2, 0.25) is 0 Å². The molecule has 10 heteroatoms. The molecule has 39 heavy (non-hydrogen) atoms. The van der Waals surface area contributed by atoms with Crippen molar-refractivity contribution >= 4 is 29.4 Å². The molecule has 0 aliphatic carbocycles. The number of methoxy groups -OCH3 is 1. The van der Waals surface area contributed by atoms with Gasteiger partial charge in [0.05, 0.1) is 35.6 Å². The Bertz CT molecular complexity index is 1630. The van der Waals surface area contributed by atoms with Crippen LogP contribution in [0.15, 0.2) is 76.2 Å². The third-order valence-electron chi connectivity index (χ3n) is 5.82. The van der Waals surface area contributed by atoms with Crippen LogP contribution in [-0.4, -0.2) is 36.8 Å². The molecule has 0 saturated heterocycles. The molecule has 0 saturated carbocycles. The molecule has 202 valence electrons. The van der Waals surface area contributed by atoms with Crippen molar-refractivity contribution in [2.45, 2.75) is 26.8 Å². The lowest BCUT2D eigenvalue weighted by Crippen LogP contribution is -2.40. The van der Waals surface area contributed by atoms with E-state index in [0.29, 0.717) is 33.0 Å². The Labute approximate surface area is 228 Å². The fourth-order valence-corrected chi connectivity index (χ4v) is 5.21. The molecule has 0 radical (unpaired) electrons. The van der Waals surface area contributed by atoms with Gasteiger partial charge in [-0.2, -0.15) is 0 Å². The number of hydrogen-bond donors (Lipinski definition) is 0. The number of benzene rings is 2. The van der Waals surface area contributed by atoms with Crippen LogP contribution < -0.4 is 29.1 Å². The molecule has 9 nitrogen and oxygen atoms in total. The number of ether oxygens (including phenoxy) is 4. The third kappa shape index (κ3) is 5.85. The summed E-state index contributed by atoms with van der Waals surface area (Å²) in [7, 11) is 1.44. The predicted octanol–water partition coefficient (Wildman–Crippen LogP) is 3.30. The van der Waals surface area contributed by atoms with Crippen LogP contribution in [-0.2, 0) is 14.3 Å². The van der Waals surface area contributed by atoms with E-state index in [-0.39, 0.29) is 29.2 Å². The third-order valence-corrected chi connectivity index (χ3v) is 6.80. The van der Waals surface area contributed by atoms with Gasteiger partial charge in [0.25, 0.3) is 5.56 Å². The molecule has 0 fully saturated rings. The van der Waals surface area contributed by atoms with Crippen molar-refractivity contribution in [1.29, 1.82) is 0 Å². The molecule has 1 unspecified atom stereocenters. The fourth-order valence-electron chi connectivity index (χ4n) is 4.17. The lowest BCUT2D eigenvalue weighted by atomic mass is 9.95. The van der Waals surface area contributed by atoms with Gasteiger partial charge in [-0.25, -0.2) is 9.79 Å². The quantitative estimate of drug-likeness (QED) is 0.230. The van der Waals surface area contributed by atoms with Gasteiger partial charge in [-0.15, -0.1) is 0 Å². The summed E-state index contributed by atoms with van der Waals surface area (Å²) < 4.78 is 23.5. The second-order valence-corrected chi connectivity index (χ2v) is 9.48. The highest BCUT2D eigenvalue weighted by Crippen LogP contribution is 2.36. The van der Waals surface area contributed by atoms with E-state index in [2.05, 4.69) is 11.6 Å². The lowest BCUT2D eigenvalue weighted by Gasteiger charge is -2.25. The first kappa shape index (κ1) is 27.6. The maximum Gasteiger partial charge on any atom is 0.338 e. The van der Waals surface area contributed by atoms with Crippen molar-refractivity contribution in [2.24, 2.45) is 4.99 Å². The molecule has 1 aliphatic rings. The summed E-state index contributed by atoms with van der Waals surface area (Å²) in [5.41, 5.74) is 1.74. The first-order valence-corrected chi connectivity index (χ1v) is 13.0. The number of carbonyl (C=O) groups excluding carboxylic acids is 2. The fraction of sp³-hybridized carbons (Fsp3) is 0.241. The van der Waals surface area contributed by atoms with E-state index in [1.807, 2.05) is 24.3 Å². The van der Waals surface area contributed by atoms with E-state index in [0.717, 1.165) is 5.56 Å². The summed E-state index contributed by atoms with van der Waals surface area (Å²) in [5, 5.41) is 0. The molecule has 0 N–H and O–H groups in total. The Morgan fingerprint density at radius 2 is 1.90 bits per heavy atom. The minimum atomic E-state index is -0.836. The predicted molar refractivity (Wildman–Crippen MR) is 147 cm³/mol. The molecule has 4 rings (SSSR count). The van der Waals surface area contributed by atoms with Crippen molar-refractivity contribution < 1.29 is 28.5 Å². The van der Waals surface area contributed by atoms with Crippen LogP contribution in [0.25, 0.3) is 6.08 Å². The Hall–Kier alpha value is -4.44. The highest BCUT2D eigenvalue weighted by molar-refractivity contribution is 7.07. The van der Waals surface area contributed by atoms with Gasteiger partial charge in [0, 0.05) is 6.92 Å². The molecule has 0 amide bonds. The summed E-state index contributed by atoms with van der Waals surface area (Å²) in [6, 6.07) is 11.4. The zero-order valence-electron chi connectivity index (χ0n) is 22.1. The number of fused-ring (bicyclic) bond motifs is 1. The normalized spacial score (nSPS) is 14.8. The molecule has 2 aromatic carbocycles. The molecule has 0 bridgehead atoms. The van der Waals surface area contributed by atoms with Gasteiger partial charge < -0.3 is 18.9 Å². The number of hydrogen-bond acceptors (Lipinski definition) is 9. The SMILES string of the molecule is C=CCOc1ccc(C=c2sc3n(c2=O)C(c2ccc(OC(C)=O)c(OC)c2)C(C(=O)OCC)=C(C)N=3)cc1. The number of allylic oxidation sites excluding steroid dienone is 1. The first-order valence-electron chi connectivity index (χ1n) is 12.2. The van der Waals surface area contributed by atoms with E-state index in [4.69, 9.17) is 18.9 Å². The van der Waals surface area contributed by atoms with Crippen molar-refractivity contribution in [3.05, 3.63) is 97.2 Å². The van der Waals surface area contributed by atoms with Crippen molar-refractivity contribution in [3.8, 4) is 17.2 Å². The average Bonchev–Trinajstić information content (AvgIpc) is 3.21. The minimum Gasteiger partial charge on any atom is -0.493 e. The highest BCUT2D eigenvalue weighted by atomic mass is 32.1. The molecule has 1 aliphatic heterocycles. The number of rotatable bonds is 9. The van der Waals surface area contributed by atoms with Crippen LogP contribution in [0.4, 0.5) is 0 Å². The topological polar surface area (TPSA) is 105 Å². The Balaban J connectivity index is 1.87. The van der Waals surface area contributed by atoms with Gasteiger partial charge in [0.1, 0.15) is 12.4 Å². The maximum absolute atomic E-state index is 13.8. The van der Waals surface area contributed by atoms with Crippen LogP contribution in [0.5, 0.6) is 17.2 Å². The standard InChI is InChI=1S/C29H28N2O7S/c1-6-14-37-21-11-8-19(9-12-21)15-24-27(33)31-26(20-10-13-22(38-18(4)32)23(16-20)35-5)25(28(34)36-7-2)17(3)30-29(31)39-24/h6,8-13,15-16,26H,1,7,14H2,2-5H3. The van der Waals surface area contributed by atoms with Crippen molar-refractivity contribution in [1.82, 2.24) is 4.57 Å². The number of carbonyl (C=O) groups is 2. The van der Waals surface area contributed by atoms with Crippen LogP contribution >= 0.6 is 11.3 Å². The second-order valence-electron chi connectivity index (χ2n) is 8.47. The highest BCUT2D eigenvalue weighted by Gasteiger charge is 2.34.